The van der Waals surface area contributed by atoms with Gasteiger partial charge in [0, 0.05) is 24.5 Å². The number of nitrogens with zero attached hydrogens (tertiary/aromatic N) is 2. The van der Waals surface area contributed by atoms with Crippen molar-refractivity contribution in [2.45, 2.75) is 19.8 Å². The number of benzene rings is 1. The third kappa shape index (κ3) is 5.80. The lowest BCUT2D eigenvalue weighted by Gasteiger charge is -2.07. The second kappa shape index (κ2) is 9.04. The summed E-state index contributed by atoms with van der Waals surface area (Å²) in [7, 11) is 0. The van der Waals surface area contributed by atoms with Crippen LogP contribution in [-0.4, -0.2) is 32.6 Å². The molecule has 0 aromatic heterocycles. The molecule has 2 N–H and O–H groups in total. The molecule has 20 heavy (non-hydrogen) atoms. The van der Waals surface area contributed by atoms with E-state index in [-0.39, 0.29) is 0 Å². The van der Waals surface area contributed by atoms with Gasteiger partial charge in [0.25, 0.3) is 0 Å². The van der Waals surface area contributed by atoms with Crippen LogP contribution in [0.3, 0.4) is 0 Å². The highest BCUT2D eigenvalue weighted by Crippen LogP contribution is 2.18. The standard InChI is InChI=1S/C16H23N3O/c1-13(2)15-4-6-16(7-5-15)20-9-8-19-12-14(10-17)11-18-3/h4-7,11-13H,3,8-10,17H2,1-2H3/b14-11-,19-12?. The summed E-state index contributed by atoms with van der Waals surface area (Å²) in [6, 6.07) is 8.17. The van der Waals surface area contributed by atoms with E-state index in [1.807, 2.05) is 12.1 Å². The largest absolute Gasteiger partial charge is 0.492 e. The number of hydrogen-bond acceptors (Lipinski definition) is 4. The van der Waals surface area contributed by atoms with Gasteiger partial charge >= 0.3 is 0 Å². The molecule has 1 aromatic carbocycles. The molecule has 0 radical (unpaired) electrons. The number of hydrogen-bond donors (Lipinski definition) is 1. The molecular formula is C16H23N3O. The monoisotopic (exact) mass is 273 g/mol. The maximum Gasteiger partial charge on any atom is 0.119 e. The molecule has 0 aliphatic rings. The molecule has 0 unspecified atom stereocenters. The van der Waals surface area contributed by atoms with Crippen LogP contribution < -0.4 is 10.5 Å². The molecule has 4 nitrogen and oxygen atoms in total. The molecule has 0 heterocycles. The maximum absolute atomic E-state index is 5.62. The second-order valence-electron chi connectivity index (χ2n) is 4.70. The minimum absolute atomic E-state index is 0.403. The summed E-state index contributed by atoms with van der Waals surface area (Å²) in [6.45, 7) is 9.25. The Morgan fingerprint density at radius 3 is 2.60 bits per heavy atom. The zero-order valence-corrected chi connectivity index (χ0v) is 12.2. The first-order chi connectivity index (χ1) is 9.67. The van der Waals surface area contributed by atoms with Gasteiger partial charge in [-0.25, -0.2) is 0 Å². The van der Waals surface area contributed by atoms with Gasteiger partial charge in [0.2, 0.25) is 0 Å². The van der Waals surface area contributed by atoms with Gasteiger partial charge < -0.3 is 10.5 Å². The minimum Gasteiger partial charge on any atom is -0.492 e. The van der Waals surface area contributed by atoms with Crippen LogP contribution >= 0.6 is 0 Å². The van der Waals surface area contributed by atoms with Crippen LogP contribution in [0.25, 0.3) is 0 Å². The van der Waals surface area contributed by atoms with Crippen molar-refractivity contribution < 1.29 is 4.74 Å². The Morgan fingerprint density at radius 1 is 1.35 bits per heavy atom. The second-order valence-corrected chi connectivity index (χ2v) is 4.70. The van der Waals surface area contributed by atoms with Crippen molar-refractivity contribution in [3.63, 3.8) is 0 Å². The molecule has 0 aliphatic heterocycles. The Hall–Kier alpha value is -1.94. The van der Waals surface area contributed by atoms with E-state index in [2.05, 4.69) is 42.7 Å². The van der Waals surface area contributed by atoms with E-state index in [9.17, 15) is 0 Å². The normalized spacial score (nSPS) is 12.1. The smallest absolute Gasteiger partial charge is 0.119 e. The van der Waals surface area contributed by atoms with Crippen LogP contribution in [0.4, 0.5) is 0 Å². The molecule has 0 saturated carbocycles. The molecule has 0 bridgehead atoms. The van der Waals surface area contributed by atoms with Crippen LogP contribution in [0.1, 0.15) is 25.3 Å². The minimum atomic E-state index is 0.403. The molecule has 0 amide bonds. The number of rotatable bonds is 8. The highest BCUT2D eigenvalue weighted by Gasteiger charge is 1.99. The van der Waals surface area contributed by atoms with Crippen molar-refractivity contribution in [3.05, 3.63) is 41.6 Å². The Labute approximate surface area is 121 Å². The van der Waals surface area contributed by atoms with Crippen molar-refractivity contribution in [1.29, 1.82) is 0 Å². The van der Waals surface area contributed by atoms with Gasteiger partial charge in [0.15, 0.2) is 0 Å². The molecule has 0 saturated heterocycles. The molecule has 108 valence electrons. The zero-order chi connectivity index (χ0) is 14.8. The van der Waals surface area contributed by atoms with Crippen molar-refractivity contribution in [2.24, 2.45) is 15.7 Å². The zero-order valence-electron chi connectivity index (χ0n) is 12.2. The van der Waals surface area contributed by atoms with Crippen LogP contribution in [0.15, 0.2) is 46.0 Å². The summed E-state index contributed by atoms with van der Waals surface area (Å²) in [4.78, 5) is 7.90. The highest BCUT2D eigenvalue weighted by atomic mass is 16.5. The summed E-state index contributed by atoms with van der Waals surface area (Å²) < 4.78 is 5.62. The quantitative estimate of drug-likeness (QED) is 0.585. The molecule has 1 rings (SSSR count). The Balaban J connectivity index is 2.35. The van der Waals surface area contributed by atoms with Crippen molar-refractivity contribution in [2.75, 3.05) is 19.7 Å². The van der Waals surface area contributed by atoms with E-state index in [0.717, 1.165) is 11.3 Å². The Bertz CT molecular complexity index is 461. The number of aliphatic imine (C=N–C) groups is 2. The Kier molecular flexibility index (Phi) is 7.29. The fraction of sp³-hybridized carbons (Fsp3) is 0.375. The van der Waals surface area contributed by atoms with Gasteiger partial charge in [-0.15, -0.1) is 0 Å². The summed E-state index contributed by atoms with van der Waals surface area (Å²) in [5.41, 5.74) is 7.68. The average molecular weight is 273 g/mol. The molecule has 0 fully saturated rings. The predicted octanol–water partition coefficient (Wildman–Crippen LogP) is 2.80. The number of nitrogens with two attached hydrogens (primary N) is 1. The van der Waals surface area contributed by atoms with Gasteiger partial charge in [-0.05, 0) is 30.3 Å². The van der Waals surface area contributed by atoms with Crippen LogP contribution in [-0.2, 0) is 0 Å². The van der Waals surface area contributed by atoms with Crippen molar-refractivity contribution >= 4 is 12.9 Å². The van der Waals surface area contributed by atoms with Gasteiger partial charge in [-0.1, -0.05) is 26.0 Å². The Morgan fingerprint density at radius 2 is 2.05 bits per heavy atom. The van der Waals surface area contributed by atoms with Gasteiger partial charge in [-0.3, -0.25) is 9.98 Å². The van der Waals surface area contributed by atoms with Gasteiger partial charge in [0.05, 0.1) is 6.54 Å². The third-order valence-electron chi connectivity index (χ3n) is 2.79. The fourth-order valence-electron chi connectivity index (χ4n) is 1.60. The molecule has 0 aliphatic carbocycles. The van der Waals surface area contributed by atoms with E-state index < -0.39 is 0 Å². The van der Waals surface area contributed by atoms with E-state index in [4.69, 9.17) is 10.5 Å². The first kappa shape index (κ1) is 16.1. The summed E-state index contributed by atoms with van der Waals surface area (Å²) in [5.74, 6) is 1.40. The van der Waals surface area contributed by atoms with E-state index in [1.54, 1.807) is 12.4 Å². The van der Waals surface area contributed by atoms with E-state index in [1.165, 1.54) is 5.56 Å². The van der Waals surface area contributed by atoms with Crippen LogP contribution in [0.2, 0.25) is 0 Å². The topological polar surface area (TPSA) is 60.0 Å². The lowest BCUT2D eigenvalue weighted by atomic mass is 10.0. The fourth-order valence-corrected chi connectivity index (χ4v) is 1.60. The van der Waals surface area contributed by atoms with Crippen molar-refractivity contribution in [1.82, 2.24) is 0 Å². The molecular weight excluding hydrogens is 250 g/mol. The first-order valence-electron chi connectivity index (χ1n) is 6.75. The summed E-state index contributed by atoms with van der Waals surface area (Å²) in [6.07, 6.45) is 3.31. The summed E-state index contributed by atoms with van der Waals surface area (Å²) >= 11 is 0. The van der Waals surface area contributed by atoms with Crippen molar-refractivity contribution in [3.8, 4) is 5.75 Å². The predicted molar refractivity (Wildman–Crippen MR) is 86.1 cm³/mol. The lowest BCUT2D eigenvalue weighted by Crippen LogP contribution is -2.06. The molecule has 1 aromatic rings. The average Bonchev–Trinajstić information content (AvgIpc) is 2.46. The SMILES string of the molecule is C=N/C=C(\C=NCCOc1ccc(C(C)C)cc1)CN. The van der Waals surface area contributed by atoms with Gasteiger partial charge in [0.1, 0.15) is 12.4 Å². The third-order valence-corrected chi connectivity index (χ3v) is 2.79. The van der Waals surface area contributed by atoms with Crippen LogP contribution in [0, 0.1) is 0 Å². The van der Waals surface area contributed by atoms with E-state index >= 15 is 0 Å². The maximum atomic E-state index is 5.62. The molecule has 4 heteroatoms. The summed E-state index contributed by atoms with van der Waals surface area (Å²) in [5, 5.41) is 0. The molecule has 0 spiro atoms. The van der Waals surface area contributed by atoms with E-state index in [0.29, 0.717) is 25.6 Å². The number of ether oxygens (including phenoxy) is 1. The van der Waals surface area contributed by atoms with Crippen LogP contribution in [0.5, 0.6) is 5.75 Å². The molecule has 0 atom stereocenters. The highest BCUT2D eigenvalue weighted by molar-refractivity contribution is 5.79. The lowest BCUT2D eigenvalue weighted by molar-refractivity contribution is 0.329. The van der Waals surface area contributed by atoms with Gasteiger partial charge in [-0.2, -0.15) is 0 Å². The first-order valence-corrected chi connectivity index (χ1v) is 6.75.